The predicted molar refractivity (Wildman–Crippen MR) is 84.6 cm³/mol. The highest BCUT2D eigenvalue weighted by Gasteiger charge is 2.37. The first-order valence-electron chi connectivity index (χ1n) is 7.99. The third-order valence-corrected chi connectivity index (χ3v) is 5.68. The topological polar surface area (TPSA) is 65.2 Å². The van der Waals surface area contributed by atoms with Gasteiger partial charge in [0.1, 0.15) is 0 Å². The number of nitrogens with one attached hydrogen (secondary N) is 2. The zero-order chi connectivity index (χ0) is 15.3. The van der Waals surface area contributed by atoms with Gasteiger partial charge in [0.15, 0.2) is 0 Å². The molecule has 0 bridgehead atoms. The number of hydrogen-bond donors (Lipinski definition) is 2. The van der Waals surface area contributed by atoms with Crippen LogP contribution in [0.3, 0.4) is 0 Å². The molecule has 120 valence electrons. The van der Waals surface area contributed by atoms with E-state index < -0.39 is 10.0 Å². The Morgan fingerprint density at radius 1 is 1.33 bits per heavy atom. The summed E-state index contributed by atoms with van der Waals surface area (Å²) in [6.07, 6.45) is 6.62. The number of unbranched alkanes of at least 4 members (excludes halogenated alkanes) is 1. The van der Waals surface area contributed by atoms with Gasteiger partial charge >= 0.3 is 0 Å². The van der Waals surface area contributed by atoms with Gasteiger partial charge in [0.2, 0.25) is 10.0 Å². The van der Waals surface area contributed by atoms with Gasteiger partial charge in [-0.2, -0.15) is 4.31 Å². The average Bonchev–Trinajstić information content (AvgIpc) is 3.16. The van der Waals surface area contributed by atoms with E-state index in [1.807, 2.05) is 0 Å². The molecule has 0 aliphatic heterocycles. The van der Waals surface area contributed by atoms with Gasteiger partial charge in [-0.1, -0.05) is 20.3 Å². The van der Waals surface area contributed by atoms with Crippen LogP contribution in [0.25, 0.3) is 0 Å². The van der Waals surface area contributed by atoms with Crippen LogP contribution in [-0.2, 0) is 16.6 Å². The number of aromatic amines is 1. The highest BCUT2D eigenvalue weighted by Crippen LogP contribution is 2.32. The highest BCUT2D eigenvalue weighted by molar-refractivity contribution is 7.89. The normalized spacial score (nSPS) is 15.8. The third-order valence-electron chi connectivity index (χ3n) is 3.75. The second-order valence-corrected chi connectivity index (χ2v) is 7.63. The quantitative estimate of drug-likeness (QED) is 0.652. The van der Waals surface area contributed by atoms with Crippen LogP contribution in [0, 0.1) is 0 Å². The Bertz CT molecular complexity index is 535. The zero-order valence-corrected chi connectivity index (χ0v) is 13.9. The lowest BCUT2D eigenvalue weighted by Crippen LogP contribution is -2.33. The van der Waals surface area contributed by atoms with Crippen LogP contribution >= 0.6 is 0 Å². The lowest BCUT2D eigenvalue weighted by atomic mass is 10.3. The van der Waals surface area contributed by atoms with E-state index >= 15 is 0 Å². The second-order valence-electron chi connectivity index (χ2n) is 5.74. The van der Waals surface area contributed by atoms with E-state index in [-0.39, 0.29) is 6.04 Å². The van der Waals surface area contributed by atoms with Crippen molar-refractivity contribution in [2.24, 2.45) is 0 Å². The molecule has 0 amide bonds. The first-order chi connectivity index (χ1) is 10.1. The van der Waals surface area contributed by atoms with Crippen molar-refractivity contribution in [2.45, 2.75) is 63.4 Å². The SMILES string of the molecule is CCCCN(C1CC1)S(=O)(=O)c1c[nH]c(CNCCC)c1. The lowest BCUT2D eigenvalue weighted by Gasteiger charge is -2.20. The van der Waals surface area contributed by atoms with E-state index in [2.05, 4.69) is 24.1 Å². The fourth-order valence-electron chi connectivity index (χ4n) is 2.38. The van der Waals surface area contributed by atoms with Gasteiger partial charge < -0.3 is 10.3 Å². The van der Waals surface area contributed by atoms with E-state index in [0.29, 0.717) is 18.0 Å². The van der Waals surface area contributed by atoms with E-state index in [0.717, 1.165) is 44.3 Å². The molecule has 1 aliphatic rings. The van der Waals surface area contributed by atoms with Crippen molar-refractivity contribution < 1.29 is 8.42 Å². The fourth-order valence-corrected chi connectivity index (χ4v) is 4.12. The molecule has 2 rings (SSSR count). The molecule has 0 radical (unpaired) electrons. The smallest absolute Gasteiger partial charge is 0.244 e. The highest BCUT2D eigenvalue weighted by atomic mass is 32.2. The summed E-state index contributed by atoms with van der Waals surface area (Å²) in [5.74, 6) is 0. The van der Waals surface area contributed by atoms with Gasteiger partial charge in [0.05, 0.1) is 4.90 Å². The molecule has 21 heavy (non-hydrogen) atoms. The molecule has 1 aromatic heterocycles. The van der Waals surface area contributed by atoms with Crippen molar-refractivity contribution in [3.63, 3.8) is 0 Å². The number of sulfonamides is 1. The van der Waals surface area contributed by atoms with Gasteiger partial charge in [-0.15, -0.1) is 0 Å². The third kappa shape index (κ3) is 4.31. The van der Waals surface area contributed by atoms with Crippen LogP contribution in [0.15, 0.2) is 17.2 Å². The summed E-state index contributed by atoms with van der Waals surface area (Å²) in [6, 6.07) is 1.98. The molecule has 0 unspecified atom stereocenters. The molecule has 1 aliphatic carbocycles. The number of H-pyrrole nitrogens is 1. The molecule has 1 saturated carbocycles. The summed E-state index contributed by atoms with van der Waals surface area (Å²) in [5, 5.41) is 3.28. The van der Waals surface area contributed by atoms with E-state index in [1.165, 1.54) is 0 Å². The molecule has 1 fully saturated rings. The molecule has 0 atom stereocenters. The molecular formula is C15H27N3O2S. The summed E-state index contributed by atoms with van der Waals surface area (Å²) in [5.41, 5.74) is 0.924. The molecular weight excluding hydrogens is 286 g/mol. The Kier molecular flexibility index (Phi) is 5.84. The van der Waals surface area contributed by atoms with Gasteiger partial charge in [-0.05, 0) is 38.3 Å². The Morgan fingerprint density at radius 2 is 2.10 bits per heavy atom. The first-order valence-corrected chi connectivity index (χ1v) is 9.43. The first kappa shape index (κ1) is 16.5. The van der Waals surface area contributed by atoms with E-state index in [9.17, 15) is 8.42 Å². The number of nitrogens with zero attached hydrogens (tertiary/aromatic N) is 1. The van der Waals surface area contributed by atoms with Gasteiger partial charge in [0, 0.05) is 31.0 Å². The van der Waals surface area contributed by atoms with Crippen molar-refractivity contribution in [1.82, 2.24) is 14.6 Å². The van der Waals surface area contributed by atoms with Crippen LogP contribution in [0.5, 0.6) is 0 Å². The average molecular weight is 313 g/mol. The van der Waals surface area contributed by atoms with Crippen LogP contribution in [-0.4, -0.2) is 36.8 Å². The zero-order valence-electron chi connectivity index (χ0n) is 13.1. The predicted octanol–water partition coefficient (Wildman–Crippen LogP) is 2.47. The molecule has 2 N–H and O–H groups in total. The molecule has 5 nitrogen and oxygen atoms in total. The lowest BCUT2D eigenvalue weighted by molar-refractivity contribution is 0.396. The van der Waals surface area contributed by atoms with Gasteiger partial charge in [-0.3, -0.25) is 0 Å². The number of hydrogen-bond acceptors (Lipinski definition) is 3. The Balaban J connectivity index is 2.06. The Morgan fingerprint density at radius 3 is 2.71 bits per heavy atom. The van der Waals surface area contributed by atoms with Crippen LogP contribution < -0.4 is 5.32 Å². The van der Waals surface area contributed by atoms with Crippen LogP contribution in [0.4, 0.5) is 0 Å². The van der Waals surface area contributed by atoms with Crippen molar-refractivity contribution in [2.75, 3.05) is 13.1 Å². The maximum absolute atomic E-state index is 12.7. The largest absolute Gasteiger partial charge is 0.363 e. The number of rotatable bonds is 10. The number of aromatic nitrogens is 1. The monoisotopic (exact) mass is 313 g/mol. The molecule has 0 aromatic carbocycles. The molecule has 1 heterocycles. The summed E-state index contributed by atoms with van der Waals surface area (Å²) < 4.78 is 27.2. The minimum atomic E-state index is -3.35. The molecule has 0 saturated heterocycles. The van der Waals surface area contributed by atoms with E-state index in [4.69, 9.17) is 0 Å². The molecule has 0 spiro atoms. The van der Waals surface area contributed by atoms with Crippen LogP contribution in [0.1, 0.15) is 51.6 Å². The fraction of sp³-hybridized carbons (Fsp3) is 0.733. The van der Waals surface area contributed by atoms with E-state index in [1.54, 1.807) is 16.6 Å². The van der Waals surface area contributed by atoms with Crippen molar-refractivity contribution >= 4 is 10.0 Å². The summed E-state index contributed by atoms with van der Waals surface area (Å²) in [6.45, 7) is 6.45. The second kappa shape index (κ2) is 7.42. The minimum absolute atomic E-state index is 0.220. The Labute approximate surface area is 128 Å². The summed E-state index contributed by atoms with van der Waals surface area (Å²) in [4.78, 5) is 3.47. The summed E-state index contributed by atoms with van der Waals surface area (Å²) in [7, 11) is -3.35. The van der Waals surface area contributed by atoms with Crippen molar-refractivity contribution in [3.05, 3.63) is 18.0 Å². The van der Waals surface area contributed by atoms with Crippen molar-refractivity contribution in [3.8, 4) is 0 Å². The maximum Gasteiger partial charge on any atom is 0.244 e. The minimum Gasteiger partial charge on any atom is -0.363 e. The van der Waals surface area contributed by atoms with Gasteiger partial charge in [-0.25, -0.2) is 8.42 Å². The molecule has 6 heteroatoms. The van der Waals surface area contributed by atoms with Crippen molar-refractivity contribution in [1.29, 1.82) is 0 Å². The summed E-state index contributed by atoms with van der Waals surface area (Å²) >= 11 is 0. The molecule has 1 aromatic rings. The maximum atomic E-state index is 12.7. The Hall–Kier alpha value is -0.850. The standard InChI is InChI=1S/C15H27N3O2S/c1-3-5-9-18(14-6-7-14)21(19,20)15-10-13(17-12-15)11-16-8-4-2/h10,12,14,16-17H,3-9,11H2,1-2H3. The van der Waals surface area contributed by atoms with Crippen LogP contribution in [0.2, 0.25) is 0 Å². The van der Waals surface area contributed by atoms with Gasteiger partial charge in [0.25, 0.3) is 0 Å².